The maximum atomic E-state index is 6.17. The van der Waals surface area contributed by atoms with Gasteiger partial charge in [-0.05, 0) is 68.0 Å². The summed E-state index contributed by atoms with van der Waals surface area (Å²) in [5.41, 5.74) is 3.99. The normalized spacial score (nSPS) is 23.2. The smallest absolute Gasteiger partial charge is 0.127 e. The molecular weight excluding hydrogens is 314 g/mol. The first kappa shape index (κ1) is 16.3. The van der Waals surface area contributed by atoms with E-state index >= 15 is 0 Å². The molecular formula is C21H27NOS. The van der Waals surface area contributed by atoms with Crippen LogP contribution >= 0.6 is 11.8 Å². The molecule has 128 valence electrons. The van der Waals surface area contributed by atoms with Gasteiger partial charge in [-0.3, -0.25) is 0 Å². The predicted octanol–water partition coefficient (Wildman–Crippen LogP) is 5.05. The van der Waals surface area contributed by atoms with Gasteiger partial charge in [-0.25, -0.2) is 0 Å². The number of allylic oxidation sites excluding steroid dienone is 2. The lowest BCUT2D eigenvalue weighted by atomic mass is 10.1. The molecule has 0 heterocycles. The highest BCUT2D eigenvalue weighted by atomic mass is 32.2. The number of nitrogens with one attached hydrogen (secondary N) is 1. The zero-order valence-electron chi connectivity index (χ0n) is 14.7. The van der Waals surface area contributed by atoms with Crippen molar-refractivity contribution in [3.63, 3.8) is 0 Å². The molecule has 0 spiro atoms. The number of benzene rings is 1. The van der Waals surface area contributed by atoms with Gasteiger partial charge in [0.05, 0.1) is 6.61 Å². The topological polar surface area (TPSA) is 21.3 Å². The van der Waals surface area contributed by atoms with Crippen LogP contribution in [0, 0.1) is 5.92 Å². The minimum Gasteiger partial charge on any atom is -0.493 e. The Morgan fingerprint density at radius 3 is 2.75 bits per heavy atom. The van der Waals surface area contributed by atoms with Gasteiger partial charge in [0.25, 0.3) is 0 Å². The third-order valence-electron chi connectivity index (χ3n) is 4.96. The van der Waals surface area contributed by atoms with Crippen LogP contribution in [0.15, 0.2) is 40.8 Å². The first-order valence-corrected chi connectivity index (χ1v) is 10.3. The molecule has 1 aromatic carbocycles. The zero-order valence-corrected chi connectivity index (χ0v) is 15.5. The van der Waals surface area contributed by atoms with E-state index in [1.807, 2.05) is 11.8 Å². The summed E-state index contributed by atoms with van der Waals surface area (Å²) in [5, 5.41) is 3.73. The average molecular weight is 342 g/mol. The highest BCUT2D eigenvalue weighted by Gasteiger charge is 2.27. The summed E-state index contributed by atoms with van der Waals surface area (Å²) >= 11 is 1.90. The minimum atomic E-state index is 0.395. The van der Waals surface area contributed by atoms with E-state index in [0.29, 0.717) is 6.04 Å². The molecule has 0 saturated heterocycles. The van der Waals surface area contributed by atoms with Gasteiger partial charge in [0.2, 0.25) is 0 Å². The lowest BCUT2D eigenvalue weighted by molar-refractivity contribution is 0.299. The number of hydrogen-bond donors (Lipinski definition) is 1. The van der Waals surface area contributed by atoms with Gasteiger partial charge >= 0.3 is 0 Å². The van der Waals surface area contributed by atoms with E-state index in [4.69, 9.17) is 4.74 Å². The molecule has 24 heavy (non-hydrogen) atoms. The maximum Gasteiger partial charge on any atom is 0.127 e. The molecule has 3 aliphatic rings. The Kier molecular flexibility index (Phi) is 4.73. The van der Waals surface area contributed by atoms with Crippen LogP contribution < -0.4 is 10.1 Å². The quantitative estimate of drug-likeness (QED) is 0.669. The fourth-order valence-corrected chi connectivity index (χ4v) is 3.85. The lowest BCUT2D eigenvalue weighted by Gasteiger charge is -2.13. The summed E-state index contributed by atoms with van der Waals surface area (Å²) in [6.45, 7) is 5.31. The predicted molar refractivity (Wildman–Crippen MR) is 103 cm³/mol. The van der Waals surface area contributed by atoms with E-state index in [1.165, 1.54) is 47.3 Å². The molecule has 4 rings (SSSR count). The van der Waals surface area contributed by atoms with E-state index in [0.717, 1.165) is 30.1 Å². The average Bonchev–Trinajstić information content (AvgIpc) is 3.48. The summed E-state index contributed by atoms with van der Waals surface area (Å²) in [7, 11) is 0. The third-order valence-corrected chi connectivity index (χ3v) is 5.83. The van der Waals surface area contributed by atoms with Gasteiger partial charge in [-0.1, -0.05) is 24.6 Å². The van der Waals surface area contributed by atoms with Crippen molar-refractivity contribution in [3.8, 4) is 5.75 Å². The largest absolute Gasteiger partial charge is 0.493 e. The fourth-order valence-electron chi connectivity index (χ4n) is 3.15. The van der Waals surface area contributed by atoms with Crippen molar-refractivity contribution in [2.24, 2.45) is 5.92 Å². The van der Waals surface area contributed by atoms with Crippen LogP contribution in [-0.2, 0) is 0 Å². The molecule has 2 fully saturated rings. The van der Waals surface area contributed by atoms with Crippen molar-refractivity contribution in [2.45, 2.75) is 56.5 Å². The van der Waals surface area contributed by atoms with E-state index in [2.05, 4.69) is 49.5 Å². The van der Waals surface area contributed by atoms with Crippen LogP contribution in [-0.4, -0.2) is 24.4 Å². The summed E-state index contributed by atoms with van der Waals surface area (Å²) in [4.78, 5) is 1.33. The minimum absolute atomic E-state index is 0.395. The molecule has 1 aromatic rings. The molecule has 0 aromatic heterocycles. The van der Waals surface area contributed by atoms with Gasteiger partial charge in [0.15, 0.2) is 0 Å². The molecule has 1 unspecified atom stereocenters. The Hall–Kier alpha value is -1.19. The van der Waals surface area contributed by atoms with Gasteiger partial charge in [0, 0.05) is 22.5 Å². The number of thioether (sulfide) groups is 1. The molecule has 0 amide bonds. The van der Waals surface area contributed by atoms with Crippen LogP contribution in [0.3, 0.4) is 0 Å². The van der Waals surface area contributed by atoms with Gasteiger partial charge in [0.1, 0.15) is 5.75 Å². The molecule has 3 heteroatoms. The summed E-state index contributed by atoms with van der Waals surface area (Å²) in [6, 6.07) is 7.80. The number of hydrogen-bond acceptors (Lipinski definition) is 3. The third kappa shape index (κ3) is 3.89. The molecule has 1 atom stereocenters. The second kappa shape index (κ2) is 6.97. The molecule has 0 aliphatic heterocycles. The fraction of sp³-hybridized carbons (Fsp3) is 0.524. The van der Waals surface area contributed by atoms with Crippen molar-refractivity contribution in [1.82, 2.24) is 5.32 Å². The maximum absolute atomic E-state index is 6.17. The van der Waals surface area contributed by atoms with Crippen LogP contribution in [0.1, 0.15) is 45.1 Å². The van der Waals surface area contributed by atoms with Crippen molar-refractivity contribution < 1.29 is 4.74 Å². The Balaban J connectivity index is 1.59. The first-order valence-electron chi connectivity index (χ1n) is 9.29. The van der Waals surface area contributed by atoms with Crippen LogP contribution in [0.4, 0.5) is 0 Å². The molecule has 3 aliphatic carbocycles. The zero-order chi connectivity index (χ0) is 16.5. The Morgan fingerprint density at radius 1 is 1.21 bits per heavy atom. The van der Waals surface area contributed by atoms with Gasteiger partial charge in [-0.15, -0.1) is 11.8 Å². The van der Waals surface area contributed by atoms with E-state index in [9.17, 15) is 0 Å². The lowest BCUT2D eigenvalue weighted by Crippen LogP contribution is -2.28. The molecule has 2 saturated carbocycles. The van der Waals surface area contributed by atoms with Gasteiger partial charge < -0.3 is 10.1 Å². The standard InChI is InChI=1S/C21H27NOS/c1-3-24-18-8-9-21(23-13-15-4-5-15)19(12-18)16-10-14(2)20(11-16)22-17-6-7-17/h8-12,15,17,20,22H,3-7,13H2,1-2H3. The Morgan fingerprint density at radius 2 is 2.04 bits per heavy atom. The molecule has 0 radical (unpaired) electrons. The highest BCUT2D eigenvalue weighted by molar-refractivity contribution is 7.99. The van der Waals surface area contributed by atoms with Crippen molar-refractivity contribution >= 4 is 17.3 Å². The monoisotopic (exact) mass is 341 g/mol. The van der Waals surface area contributed by atoms with Crippen LogP contribution in [0.25, 0.3) is 5.57 Å². The summed E-state index contributed by atoms with van der Waals surface area (Å²) < 4.78 is 6.17. The second-order valence-corrected chi connectivity index (χ2v) is 8.61. The number of ether oxygens (including phenoxy) is 1. The number of rotatable bonds is 8. The van der Waals surface area contributed by atoms with E-state index < -0.39 is 0 Å². The van der Waals surface area contributed by atoms with Crippen molar-refractivity contribution in [1.29, 1.82) is 0 Å². The molecule has 2 nitrogen and oxygen atoms in total. The van der Waals surface area contributed by atoms with E-state index in [1.54, 1.807) is 0 Å². The van der Waals surface area contributed by atoms with Crippen molar-refractivity contribution in [2.75, 3.05) is 12.4 Å². The molecule has 0 bridgehead atoms. The summed E-state index contributed by atoms with van der Waals surface area (Å²) in [6.07, 6.45) is 10.0. The Bertz CT molecular complexity index is 670. The van der Waals surface area contributed by atoms with Crippen LogP contribution in [0.5, 0.6) is 5.75 Å². The first-order chi connectivity index (χ1) is 11.7. The highest BCUT2D eigenvalue weighted by Crippen LogP contribution is 2.37. The van der Waals surface area contributed by atoms with Crippen molar-refractivity contribution in [3.05, 3.63) is 41.5 Å². The van der Waals surface area contributed by atoms with Crippen LogP contribution in [0.2, 0.25) is 0 Å². The SMILES string of the molecule is CCSc1ccc(OCC2CC2)c(C2=CC(NC3CC3)C(C)=C2)c1. The molecule has 1 N–H and O–H groups in total. The second-order valence-electron chi connectivity index (χ2n) is 7.27. The summed E-state index contributed by atoms with van der Waals surface area (Å²) in [5.74, 6) is 2.92. The van der Waals surface area contributed by atoms with Gasteiger partial charge in [-0.2, -0.15) is 0 Å². The Labute approximate surface area is 149 Å². The van der Waals surface area contributed by atoms with E-state index in [-0.39, 0.29) is 0 Å².